The molecule has 0 bridgehead atoms. The number of ether oxygens (including phenoxy) is 2. The van der Waals surface area contributed by atoms with Gasteiger partial charge in [0, 0.05) is 49.1 Å². The summed E-state index contributed by atoms with van der Waals surface area (Å²) in [7, 11) is 0. The Hall–Kier alpha value is -2.87. The highest BCUT2D eigenvalue weighted by Gasteiger charge is 2.25. The Morgan fingerprint density at radius 3 is 2.57 bits per heavy atom. The van der Waals surface area contributed by atoms with Crippen molar-refractivity contribution >= 4 is 29.1 Å². The van der Waals surface area contributed by atoms with E-state index in [9.17, 15) is 14.4 Å². The van der Waals surface area contributed by atoms with Crippen LogP contribution in [0.3, 0.4) is 0 Å². The van der Waals surface area contributed by atoms with Crippen molar-refractivity contribution < 1.29 is 23.9 Å². The van der Waals surface area contributed by atoms with E-state index in [-0.39, 0.29) is 18.4 Å². The van der Waals surface area contributed by atoms with Crippen LogP contribution >= 0.6 is 11.3 Å². The summed E-state index contributed by atoms with van der Waals surface area (Å²) in [4.78, 5) is 40.9. The molecule has 2 aliphatic heterocycles. The molecule has 2 aromatic rings. The second-order valence-electron chi connectivity index (χ2n) is 6.71. The number of fused-ring (bicyclic) bond motifs is 3. The van der Waals surface area contributed by atoms with E-state index in [0.29, 0.717) is 37.7 Å². The number of para-hydroxylation sites is 1. The second kappa shape index (κ2) is 7.63. The van der Waals surface area contributed by atoms with Gasteiger partial charge in [0.25, 0.3) is 5.91 Å². The lowest BCUT2D eigenvalue weighted by molar-refractivity contribution is -0.140. The van der Waals surface area contributed by atoms with Gasteiger partial charge >= 0.3 is 5.97 Å². The lowest BCUT2D eigenvalue weighted by Crippen LogP contribution is -2.51. The topological polar surface area (TPSA) is 76.2 Å². The van der Waals surface area contributed by atoms with Crippen molar-refractivity contribution in [3.05, 3.63) is 40.8 Å². The monoisotopic (exact) mass is 400 g/mol. The van der Waals surface area contributed by atoms with E-state index in [4.69, 9.17) is 9.47 Å². The van der Waals surface area contributed by atoms with Crippen LogP contribution in [0.2, 0.25) is 0 Å². The molecule has 0 N–H and O–H groups in total. The molecule has 1 aromatic carbocycles. The highest BCUT2D eigenvalue weighted by atomic mass is 32.1. The van der Waals surface area contributed by atoms with Crippen molar-refractivity contribution in [3.63, 3.8) is 0 Å². The van der Waals surface area contributed by atoms with Crippen molar-refractivity contribution in [1.29, 1.82) is 0 Å². The number of carbonyl (C=O) groups excluding carboxylic acids is 3. The van der Waals surface area contributed by atoms with Gasteiger partial charge in [-0.05, 0) is 18.2 Å². The molecule has 7 nitrogen and oxygen atoms in total. The molecule has 1 fully saturated rings. The number of hydrogen-bond acceptors (Lipinski definition) is 6. The van der Waals surface area contributed by atoms with Gasteiger partial charge in [0.05, 0.1) is 0 Å². The average Bonchev–Trinajstić information content (AvgIpc) is 3.17. The second-order valence-corrected chi connectivity index (χ2v) is 7.77. The third-order valence-corrected chi connectivity index (χ3v) is 6.12. The molecule has 0 saturated carbocycles. The minimum Gasteiger partial charge on any atom is -0.488 e. The van der Waals surface area contributed by atoms with Gasteiger partial charge in [0.2, 0.25) is 5.91 Å². The molecule has 0 radical (unpaired) electrons. The van der Waals surface area contributed by atoms with Crippen LogP contribution in [-0.2, 0) is 20.9 Å². The standard InChI is InChI=1S/C20H20N2O5S/c1-13(23)21-6-8-22(9-7-21)18(24)12-27-20(25)17-10-14-11-26-16-5-3-2-4-15(16)19(14)28-17/h2-5,10H,6-9,11-12H2,1H3. The first-order chi connectivity index (χ1) is 13.5. The quantitative estimate of drug-likeness (QED) is 0.738. The molecule has 28 heavy (non-hydrogen) atoms. The van der Waals surface area contributed by atoms with Crippen LogP contribution in [0.15, 0.2) is 30.3 Å². The zero-order chi connectivity index (χ0) is 19.7. The smallest absolute Gasteiger partial charge is 0.348 e. The molecule has 2 aliphatic rings. The summed E-state index contributed by atoms with van der Waals surface area (Å²) < 4.78 is 11.0. The zero-order valence-corrected chi connectivity index (χ0v) is 16.3. The molecule has 0 spiro atoms. The normalized spacial score (nSPS) is 15.3. The van der Waals surface area contributed by atoms with Crippen LogP contribution in [0.25, 0.3) is 10.4 Å². The number of piperazine rings is 1. The van der Waals surface area contributed by atoms with E-state index in [2.05, 4.69) is 0 Å². The molecule has 2 amide bonds. The predicted molar refractivity (Wildman–Crippen MR) is 103 cm³/mol. The van der Waals surface area contributed by atoms with Gasteiger partial charge in [-0.25, -0.2) is 4.79 Å². The van der Waals surface area contributed by atoms with E-state index in [1.807, 2.05) is 24.3 Å². The molecule has 4 rings (SSSR count). The first-order valence-corrected chi connectivity index (χ1v) is 9.90. The van der Waals surface area contributed by atoms with Crippen LogP contribution < -0.4 is 4.74 Å². The number of amides is 2. The van der Waals surface area contributed by atoms with Crippen molar-refractivity contribution in [1.82, 2.24) is 9.80 Å². The number of thiophene rings is 1. The first kappa shape index (κ1) is 18.5. The Labute approximate surface area is 166 Å². The van der Waals surface area contributed by atoms with Crippen molar-refractivity contribution in [2.75, 3.05) is 32.8 Å². The number of carbonyl (C=O) groups is 3. The van der Waals surface area contributed by atoms with Crippen molar-refractivity contribution in [2.45, 2.75) is 13.5 Å². The van der Waals surface area contributed by atoms with Gasteiger partial charge in [-0.3, -0.25) is 9.59 Å². The van der Waals surface area contributed by atoms with Crippen LogP contribution in [0.5, 0.6) is 5.75 Å². The molecule has 1 saturated heterocycles. The number of rotatable bonds is 3. The third-order valence-electron chi connectivity index (χ3n) is 4.93. The summed E-state index contributed by atoms with van der Waals surface area (Å²) in [5.41, 5.74) is 1.91. The molecule has 3 heterocycles. The van der Waals surface area contributed by atoms with Gasteiger partial charge in [-0.1, -0.05) is 12.1 Å². The lowest BCUT2D eigenvalue weighted by Gasteiger charge is -2.34. The third kappa shape index (κ3) is 3.60. The zero-order valence-electron chi connectivity index (χ0n) is 15.5. The summed E-state index contributed by atoms with van der Waals surface area (Å²) in [6, 6.07) is 9.48. The molecule has 0 unspecified atom stereocenters. The fraction of sp³-hybridized carbons (Fsp3) is 0.350. The largest absolute Gasteiger partial charge is 0.488 e. The summed E-state index contributed by atoms with van der Waals surface area (Å²) in [6.45, 7) is 3.56. The molecule has 8 heteroatoms. The summed E-state index contributed by atoms with van der Waals surface area (Å²) in [6.07, 6.45) is 0. The number of esters is 1. The van der Waals surface area contributed by atoms with Crippen LogP contribution in [0.1, 0.15) is 22.2 Å². The fourth-order valence-corrected chi connectivity index (χ4v) is 4.45. The highest BCUT2D eigenvalue weighted by Crippen LogP contribution is 2.42. The lowest BCUT2D eigenvalue weighted by atomic mass is 10.1. The maximum atomic E-state index is 12.4. The Morgan fingerprint density at radius 1 is 1.11 bits per heavy atom. The molecule has 0 aliphatic carbocycles. The minimum atomic E-state index is -0.507. The predicted octanol–water partition coefficient (Wildman–Crippen LogP) is 2.16. The Balaban J connectivity index is 1.36. The molecule has 0 atom stereocenters. The van der Waals surface area contributed by atoms with E-state index in [0.717, 1.165) is 21.8 Å². The number of hydrogen-bond donors (Lipinski definition) is 0. The number of benzene rings is 1. The van der Waals surface area contributed by atoms with Gasteiger partial charge in [0.1, 0.15) is 17.2 Å². The van der Waals surface area contributed by atoms with Gasteiger partial charge in [0.15, 0.2) is 6.61 Å². The fourth-order valence-electron chi connectivity index (χ4n) is 3.36. The molecule has 146 valence electrons. The van der Waals surface area contributed by atoms with Crippen molar-refractivity contribution in [3.8, 4) is 16.2 Å². The molecular weight excluding hydrogens is 380 g/mol. The van der Waals surface area contributed by atoms with Gasteiger partial charge < -0.3 is 19.3 Å². The van der Waals surface area contributed by atoms with Crippen molar-refractivity contribution in [2.24, 2.45) is 0 Å². The maximum Gasteiger partial charge on any atom is 0.348 e. The summed E-state index contributed by atoms with van der Waals surface area (Å²) in [5, 5.41) is 0. The Bertz CT molecular complexity index is 930. The SMILES string of the molecule is CC(=O)N1CCN(C(=O)COC(=O)c2cc3c(s2)-c2ccccc2OC3)CC1. The Kier molecular flexibility index (Phi) is 5.04. The summed E-state index contributed by atoms with van der Waals surface area (Å²) >= 11 is 1.35. The van der Waals surface area contributed by atoms with Gasteiger partial charge in [-0.15, -0.1) is 11.3 Å². The van der Waals surface area contributed by atoms with Crippen LogP contribution in [-0.4, -0.2) is 60.4 Å². The number of nitrogens with zero attached hydrogens (tertiary/aromatic N) is 2. The molecule has 1 aromatic heterocycles. The van der Waals surface area contributed by atoms with Crippen LogP contribution in [0.4, 0.5) is 0 Å². The Morgan fingerprint density at radius 2 is 1.82 bits per heavy atom. The van der Waals surface area contributed by atoms with E-state index >= 15 is 0 Å². The minimum absolute atomic E-state index is 0.00532. The average molecular weight is 400 g/mol. The summed E-state index contributed by atoms with van der Waals surface area (Å²) in [5.74, 6) is 0.0570. The highest BCUT2D eigenvalue weighted by molar-refractivity contribution is 7.17. The van der Waals surface area contributed by atoms with Crippen LogP contribution in [0, 0.1) is 0 Å². The molecular formula is C20H20N2O5S. The first-order valence-electron chi connectivity index (χ1n) is 9.08. The van der Waals surface area contributed by atoms with E-state index < -0.39 is 5.97 Å². The van der Waals surface area contributed by atoms with Gasteiger partial charge in [-0.2, -0.15) is 0 Å². The van der Waals surface area contributed by atoms with E-state index in [1.54, 1.807) is 15.9 Å². The maximum absolute atomic E-state index is 12.4. The van der Waals surface area contributed by atoms with E-state index in [1.165, 1.54) is 18.3 Å².